The summed E-state index contributed by atoms with van der Waals surface area (Å²) in [5.74, 6) is 0.944. The fourth-order valence-corrected chi connectivity index (χ4v) is 4.66. The van der Waals surface area contributed by atoms with E-state index < -0.39 is 0 Å². The molecule has 0 fully saturated rings. The first-order chi connectivity index (χ1) is 14.3. The van der Waals surface area contributed by atoms with Crippen LogP contribution in [0.2, 0.25) is 0 Å². The summed E-state index contributed by atoms with van der Waals surface area (Å²) in [6, 6.07) is 25.8. The molecule has 0 aliphatic rings. The van der Waals surface area contributed by atoms with E-state index in [1.165, 1.54) is 12.8 Å². The maximum absolute atomic E-state index is 13.4. The van der Waals surface area contributed by atoms with Gasteiger partial charge in [-0.3, -0.25) is 4.79 Å². The fraction of sp³-hybridized carbons (Fsp3) is 0.192. The zero-order valence-electron chi connectivity index (χ0n) is 16.6. The topological polar surface area (TPSA) is 26.3 Å². The first-order valence-corrected chi connectivity index (χ1v) is 10.9. The van der Waals surface area contributed by atoms with Crippen LogP contribution in [0.25, 0.3) is 20.5 Å². The number of thiophene rings is 1. The molecule has 0 bridgehead atoms. The molecule has 0 saturated heterocycles. The van der Waals surface area contributed by atoms with Crippen LogP contribution in [-0.2, 0) is 0 Å². The lowest BCUT2D eigenvalue weighted by atomic mass is 9.98. The molecule has 0 N–H and O–H groups in total. The second-order valence-electron chi connectivity index (χ2n) is 7.08. The van der Waals surface area contributed by atoms with Gasteiger partial charge in [0, 0.05) is 26.1 Å². The van der Waals surface area contributed by atoms with Crippen LogP contribution in [0, 0.1) is 0 Å². The Labute approximate surface area is 175 Å². The van der Waals surface area contributed by atoms with E-state index in [0.29, 0.717) is 5.56 Å². The predicted octanol–water partition coefficient (Wildman–Crippen LogP) is 7.37. The largest absolute Gasteiger partial charge is 0.494 e. The lowest BCUT2D eigenvalue weighted by Gasteiger charge is -2.08. The van der Waals surface area contributed by atoms with Crippen molar-refractivity contribution in [2.24, 2.45) is 0 Å². The van der Waals surface area contributed by atoms with Crippen molar-refractivity contribution in [1.82, 2.24) is 0 Å². The van der Waals surface area contributed by atoms with Crippen LogP contribution in [0.4, 0.5) is 0 Å². The third kappa shape index (κ3) is 4.25. The molecule has 4 rings (SSSR count). The number of hydrogen-bond donors (Lipinski definition) is 0. The van der Waals surface area contributed by atoms with Crippen molar-refractivity contribution in [2.75, 3.05) is 6.61 Å². The van der Waals surface area contributed by atoms with E-state index in [1.54, 1.807) is 11.3 Å². The van der Waals surface area contributed by atoms with Crippen molar-refractivity contribution in [3.8, 4) is 16.2 Å². The van der Waals surface area contributed by atoms with Gasteiger partial charge in [0.15, 0.2) is 5.78 Å². The van der Waals surface area contributed by atoms with Crippen molar-refractivity contribution in [2.45, 2.75) is 26.2 Å². The molecule has 0 saturated carbocycles. The maximum atomic E-state index is 13.4. The number of fused-ring (bicyclic) bond motifs is 1. The summed E-state index contributed by atoms with van der Waals surface area (Å²) in [5.41, 5.74) is 2.55. The van der Waals surface area contributed by atoms with E-state index in [1.807, 2.05) is 60.7 Å². The maximum Gasteiger partial charge on any atom is 0.195 e. The van der Waals surface area contributed by atoms with Gasteiger partial charge in [0.2, 0.25) is 0 Å². The first kappa shape index (κ1) is 19.4. The molecule has 0 aliphatic carbocycles. The van der Waals surface area contributed by atoms with Gasteiger partial charge in [0.05, 0.1) is 6.61 Å². The summed E-state index contributed by atoms with van der Waals surface area (Å²) in [7, 11) is 0. The summed E-state index contributed by atoms with van der Waals surface area (Å²) < 4.78 is 6.97. The summed E-state index contributed by atoms with van der Waals surface area (Å²) in [6.45, 7) is 2.93. The Balaban J connectivity index is 1.69. The lowest BCUT2D eigenvalue weighted by Crippen LogP contribution is -2.01. The SMILES string of the molecule is CCCCCOc1ccc(-c2sc3ccccc3c2C(=O)c2ccccc2)cc1. The molecule has 3 heteroatoms. The standard InChI is InChI=1S/C26H24O2S/c1-2-3-9-18-28-21-16-14-20(15-17-21)26-24(22-12-7-8-13-23(22)29-26)25(27)19-10-5-4-6-11-19/h4-8,10-17H,2-3,9,18H2,1H3. The second-order valence-corrected chi connectivity index (χ2v) is 8.13. The molecular formula is C26H24O2S. The summed E-state index contributed by atoms with van der Waals surface area (Å²) >= 11 is 1.67. The van der Waals surface area contributed by atoms with Gasteiger partial charge in [0.1, 0.15) is 5.75 Å². The zero-order valence-corrected chi connectivity index (χ0v) is 17.4. The molecule has 1 aromatic heterocycles. The van der Waals surface area contributed by atoms with E-state index in [0.717, 1.165) is 44.9 Å². The van der Waals surface area contributed by atoms with Gasteiger partial charge in [-0.05, 0) is 42.3 Å². The predicted molar refractivity (Wildman–Crippen MR) is 122 cm³/mol. The molecule has 0 spiro atoms. The highest BCUT2D eigenvalue weighted by Gasteiger charge is 2.21. The molecule has 0 atom stereocenters. The van der Waals surface area contributed by atoms with E-state index >= 15 is 0 Å². The van der Waals surface area contributed by atoms with Gasteiger partial charge >= 0.3 is 0 Å². The van der Waals surface area contributed by atoms with Gasteiger partial charge in [-0.15, -0.1) is 11.3 Å². The molecule has 1 heterocycles. The Morgan fingerprint density at radius 2 is 1.59 bits per heavy atom. The third-order valence-electron chi connectivity index (χ3n) is 4.99. The normalized spacial score (nSPS) is 10.9. The molecule has 0 unspecified atom stereocenters. The smallest absolute Gasteiger partial charge is 0.195 e. The molecular weight excluding hydrogens is 376 g/mol. The number of carbonyl (C=O) groups is 1. The molecule has 29 heavy (non-hydrogen) atoms. The molecule has 0 radical (unpaired) electrons. The summed E-state index contributed by atoms with van der Waals surface area (Å²) in [5, 5.41) is 1.02. The fourth-order valence-electron chi connectivity index (χ4n) is 3.45. The Kier molecular flexibility index (Phi) is 6.06. The van der Waals surface area contributed by atoms with E-state index in [2.05, 4.69) is 25.1 Å². The Hall–Kier alpha value is -2.91. The number of unbranched alkanes of at least 4 members (excludes halogenated alkanes) is 2. The highest BCUT2D eigenvalue weighted by atomic mass is 32.1. The van der Waals surface area contributed by atoms with Crippen LogP contribution < -0.4 is 4.74 Å². The number of rotatable bonds is 8. The number of hydrogen-bond acceptors (Lipinski definition) is 3. The Morgan fingerprint density at radius 3 is 2.34 bits per heavy atom. The van der Waals surface area contributed by atoms with Crippen molar-refractivity contribution < 1.29 is 9.53 Å². The summed E-state index contributed by atoms with van der Waals surface area (Å²) in [4.78, 5) is 14.4. The molecule has 0 amide bonds. The molecule has 2 nitrogen and oxygen atoms in total. The Morgan fingerprint density at radius 1 is 0.862 bits per heavy atom. The van der Waals surface area contributed by atoms with Crippen molar-refractivity contribution in [1.29, 1.82) is 0 Å². The average molecular weight is 401 g/mol. The van der Waals surface area contributed by atoms with Crippen LogP contribution in [0.15, 0.2) is 78.9 Å². The quantitative estimate of drug-likeness (QED) is 0.228. The minimum absolute atomic E-state index is 0.0675. The van der Waals surface area contributed by atoms with Crippen molar-refractivity contribution in [3.63, 3.8) is 0 Å². The number of benzene rings is 3. The van der Waals surface area contributed by atoms with E-state index in [4.69, 9.17) is 4.74 Å². The minimum atomic E-state index is 0.0675. The van der Waals surface area contributed by atoms with Gasteiger partial charge in [-0.2, -0.15) is 0 Å². The number of carbonyl (C=O) groups excluding carboxylic acids is 1. The number of ketones is 1. The van der Waals surface area contributed by atoms with Gasteiger partial charge in [-0.1, -0.05) is 68.3 Å². The molecule has 4 aromatic rings. The van der Waals surface area contributed by atoms with Gasteiger partial charge in [0.25, 0.3) is 0 Å². The van der Waals surface area contributed by atoms with Crippen LogP contribution in [0.1, 0.15) is 42.1 Å². The molecule has 0 aliphatic heterocycles. The van der Waals surface area contributed by atoms with Gasteiger partial charge < -0.3 is 4.74 Å². The minimum Gasteiger partial charge on any atom is -0.494 e. The van der Waals surface area contributed by atoms with Crippen LogP contribution in [-0.4, -0.2) is 12.4 Å². The summed E-state index contributed by atoms with van der Waals surface area (Å²) in [6.07, 6.45) is 3.45. The van der Waals surface area contributed by atoms with E-state index in [-0.39, 0.29) is 5.78 Å². The zero-order chi connectivity index (χ0) is 20.1. The monoisotopic (exact) mass is 400 g/mol. The highest BCUT2D eigenvalue weighted by Crippen LogP contribution is 2.40. The Bertz CT molecular complexity index is 1090. The van der Waals surface area contributed by atoms with Crippen LogP contribution in [0.5, 0.6) is 5.75 Å². The second kappa shape index (κ2) is 9.06. The first-order valence-electron chi connectivity index (χ1n) is 10.1. The van der Waals surface area contributed by atoms with Crippen LogP contribution >= 0.6 is 11.3 Å². The number of ether oxygens (including phenoxy) is 1. The van der Waals surface area contributed by atoms with Crippen molar-refractivity contribution in [3.05, 3.63) is 90.0 Å². The molecule has 146 valence electrons. The van der Waals surface area contributed by atoms with Crippen LogP contribution in [0.3, 0.4) is 0 Å². The lowest BCUT2D eigenvalue weighted by molar-refractivity contribution is 0.104. The third-order valence-corrected chi connectivity index (χ3v) is 6.21. The molecule has 3 aromatic carbocycles. The van der Waals surface area contributed by atoms with E-state index in [9.17, 15) is 4.79 Å². The highest BCUT2D eigenvalue weighted by molar-refractivity contribution is 7.22. The average Bonchev–Trinajstić information content (AvgIpc) is 3.17. The van der Waals surface area contributed by atoms with Crippen molar-refractivity contribution >= 4 is 27.2 Å². The van der Waals surface area contributed by atoms with Gasteiger partial charge in [-0.25, -0.2) is 0 Å².